The number of hydrogen-bond acceptors (Lipinski definition) is 3. The molecule has 1 fully saturated rings. The van der Waals surface area contributed by atoms with Crippen LogP contribution in [-0.4, -0.2) is 19.3 Å². The van der Waals surface area contributed by atoms with Gasteiger partial charge in [0.1, 0.15) is 11.9 Å². The zero-order valence-corrected chi connectivity index (χ0v) is 9.90. The van der Waals surface area contributed by atoms with Gasteiger partial charge in [0.25, 0.3) is 0 Å². The van der Waals surface area contributed by atoms with Gasteiger partial charge in [0.05, 0.1) is 13.2 Å². The third-order valence-corrected chi connectivity index (χ3v) is 2.84. The lowest BCUT2D eigenvalue weighted by molar-refractivity contribution is 0.140. The van der Waals surface area contributed by atoms with Gasteiger partial charge < -0.3 is 15.2 Å². The molecule has 16 heavy (non-hydrogen) atoms. The van der Waals surface area contributed by atoms with Gasteiger partial charge in [-0.2, -0.15) is 0 Å². The van der Waals surface area contributed by atoms with Crippen LogP contribution in [0.4, 0.5) is 0 Å². The minimum Gasteiger partial charge on any atom is -0.488 e. The zero-order valence-electron chi connectivity index (χ0n) is 9.90. The molecule has 2 N–H and O–H groups in total. The molecule has 1 saturated heterocycles. The Hall–Kier alpha value is -1.06. The monoisotopic (exact) mass is 221 g/mol. The van der Waals surface area contributed by atoms with E-state index in [1.165, 1.54) is 5.56 Å². The fourth-order valence-electron chi connectivity index (χ4n) is 1.91. The van der Waals surface area contributed by atoms with E-state index >= 15 is 0 Å². The summed E-state index contributed by atoms with van der Waals surface area (Å²) in [7, 11) is 0. The van der Waals surface area contributed by atoms with Crippen LogP contribution in [0.2, 0.25) is 0 Å². The van der Waals surface area contributed by atoms with E-state index in [9.17, 15) is 0 Å². The highest BCUT2D eigenvalue weighted by atomic mass is 16.5. The highest BCUT2D eigenvalue weighted by molar-refractivity contribution is 5.39. The van der Waals surface area contributed by atoms with Crippen molar-refractivity contribution in [2.24, 2.45) is 5.73 Å². The predicted molar refractivity (Wildman–Crippen MR) is 63.6 cm³/mol. The average molecular weight is 221 g/mol. The first-order valence-corrected chi connectivity index (χ1v) is 5.77. The van der Waals surface area contributed by atoms with E-state index in [1.54, 1.807) is 0 Å². The van der Waals surface area contributed by atoms with Crippen LogP contribution in [0, 0.1) is 6.92 Å². The van der Waals surface area contributed by atoms with Gasteiger partial charge >= 0.3 is 0 Å². The molecule has 1 aliphatic heterocycles. The van der Waals surface area contributed by atoms with Crippen molar-refractivity contribution in [1.82, 2.24) is 0 Å². The second kappa shape index (κ2) is 4.85. The quantitative estimate of drug-likeness (QED) is 0.850. The molecule has 0 aliphatic carbocycles. The summed E-state index contributed by atoms with van der Waals surface area (Å²) in [6.45, 7) is 5.52. The first kappa shape index (κ1) is 11.4. The van der Waals surface area contributed by atoms with Crippen molar-refractivity contribution < 1.29 is 9.47 Å². The summed E-state index contributed by atoms with van der Waals surface area (Å²) >= 11 is 0. The van der Waals surface area contributed by atoms with Gasteiger partial charge in [0.15, 0.2) is 0 Å². The number of nitrogens with two attached hydrogens (primary N) is 1. The van der Waals surface area contributed by atoms with Crippen molar-refractivity contribution in [3.8, 4) is 5.75 Å². The van der Waals surface area contributed by atoms with Crippen LogP contribution in [0.5, 0.6) is 5.75 Å². The normalized spacial score (nSPS) is 22.1. The van der Waals surface area contributed by atoms with Crippen molar-refractivity contribution in [3.63, 3.8) is 0 Å². The number of rotatable bonds is 3. The highest BCUT2D eigenvalue weighted by Gasteiger charge is 2.19. The maximum Gasteiger partial charge on any atom is 0.124 e. The van der Waals surface area contributed by atoms with E-state index in [-0.39, 0.29) is 12.1 Å². The van der Waals surface area contributed by atoms with Crippen LogP contribution in [0.3, 0.4) is 0 Å². The fourth-order valence-corrected chi connectivity index (χ4v) is 1.91. The number of benzene rings is 1. The molecule has 2 atom stereocenters. The maximum atomic E-state index is 5.94. The molecular weight excluding hydrogens is 202 g/mol. The minimum absolute atomic E-state index is 0.00192. The SMILES string of the molecule is Cc1ccc([C@H](C)N)c(OC2CCOC2)c1. The lowest BCUT2D eigenvalue weighted by Crippen LogP contribution is -2.18. The first-order valence-electron chi connectivity index (χ1n) is 5.77. The molecule has 2 rings (SSSR count). The molecule has 1 aromatic rings. The molecule has 0 spiro atoms. The van der Waals surface area contributed by atoms with E-state index in [4.69, 9.17) is 15.2 Å². The standard InChI is InChI=1S/C13H19NO2/c1-9-3-4-12(10(2)14)13(7-9)16-11-5-6-15-8-11/h3-4,7,10-11H,5-6,8,14H2,1-2H3/t10-,11?/m0/s1. The van der Waals surface area contributed by atoms with Gasteiger partial charge in [-0.1, -0.05) is 12.1 Å². The molecule has 1 aromatic carbocycles. The summed E-state index contributed by atoms with van der Waals surface area (Å²) < 4.78 is 11.2. The van der Waals surface area contributed by atoms with Gasteiger partial charge in [0.2, 0.25) is 0 Å². The van der Waals surface area contributed by atoms with E-state index in [0.29, 0.717) is 6.61 Å². The molecule has 0 radical (unpaired) electrons. The van der Waals surface area contributed by atoms with Gasteiger partial charge in [0, 0.05) is 18.0 Å². The molecule has 0 bridgehead atoms. The third kappa shape index (κ3) is 2.54. The summed E-state index contributed by atoms with van der Waals surface area (Å²) in [5.41, 5.74) is 8.19. The second-order valence-electron chi connectivity index (χ2n) is 4.43. The molecular formula is C13H19NO2. The van der Waals surface area contributed by atoms with Crippen molar-refractivity contribution in [1.29, 1.82) is 0 Å². The molecule has 0 saturated carbocycles. The highest BCUT2D eigenvalue weighted by Crippen LogP contribution is 2.27. The predicted octanol–water partition coefficient (Wildman–Crippen LogP) is 2.18. The zero-order chi connectivity index (χ0) is 11.5. The third-order valence-electron chi connectivity index (χ3n) is 2.84. The minimum atomic E-state index is -0.00192. The molecule has 88 valence electrons. The molecule has 1 unspecified atom stereocenters. The van der Waals surface area contributed by atoms with Crippen molar-refractivity contribution in [3.05, 3.63) is 29.3 Å². The Morgan fingerprint density at radius 3 is 2.94 bits per heavy atom. The smallest absolute Gasteiger partial charge is 0.124 e. The molecule has 3 heteroatoms. The van der Waals surface area contributed by atoms with Gasteiger partial charge in [-0.15, -0.1) is 0 Å². The Morgan fingerprint density at radius 1 is 1.50 bits per heavy atom. The van der Waals surface area contributed by atoms with E-state index in [2.05, 4.69) is 19.1 Å². The van der Waals surface area contributed by atoms with Crippen LogP contribution >= 0.6 is 0 Å². The number of hydrogen-bond donors (Lipinski definition) is 1. The van der Waals surface area contributed by atoms with Crippen LogP contribution in [0.15, 0.2) is 18.2 Å². The molecule has 1 heterocycles. The van der Waals surface area contributed by atoms with Crippen molar-refractivity contribution in [2.75, 3.05) is 13.2 Å². The Bertz CT molecular complexity index is 357. The summed E-state index contributed by atoms with van der Waals surface area (Å²) in [4.78, 5) is 0. The molecule has 0 aromatic heterocycles. The lowest BCUT2D eigenvalue weighted by atomic mass is 10.1. The lowest BCUT2D eigenvalue weighted by Gasteiger charge is -2.18. The Kier molecular flexibility index (Phi) is 3.46. The Labute approximate surface area is 96.5 Å². The van der Waals surface area contributed by atoms with E-state index in [1.807, 2.05) is 13.0 Å². The van der Waals surface area contributed by atoms with Gasteiger partial charge in [-0.05, 0) is 25.5 Å². The largest absolute Gasteiger partial charge is 0.488 e. The van der Waals surface area contributed by atoms with Crippen LogP contribution in [0.1, 0.15) is 30.5 Å². The summed E-state index contributed by atoms with van der Waals surface area (Å²) in [5, 5.41) is 0. The van der Waals surface area contributed by atoms with Gasteiger partial charge in [-0.25, -0.2) is 0 Å². The van der Waals surface area contributed by atoms with E-state index in [0.717, 1.165) is 24.3 Å². The number of aryl methyl sites for hydroxylation is 1. The number of ether oxygens (including phenoxy) is 2. The molecule has 3 nitrogen and oxygen atoms in total. The molecule has 1 aliphatic rings. The molecule has 0 amide bonds. The fraction of sp³-hybridized carbons (Fsp3) is 0.538. The maximum absolute atomic E-state index is 5.94. The summed E-state index contributed by atoms with van der Waals surface area (Å²) in [6, 6.07) is 6.16. The topological polar surface area (TPSA) is 44.5 Å². The van der Waals surface area contributed by atoms with Crippen LogP contribution in [-0.2, 0) is 4.74 Å². The average Bonchev–Trinajstić information content (AvgIpc) is 2.70. The second-order valence-corrected chi connectivity index (χ2v) is 4.43. The Balaban J connectivity index is 2.19. The first-order chi connectivity index (χ1) is 7.66. The summed E-state index contributed by atoms with van der Waals surface area (Å²) in [6.07, 6.45) is 1.14. The van der Waals surface area contributed by atoms with Crippen molar-refractivity contribution in [2.45, 2.75) is 32.4 Å². The van der Waals surface area contributed by atoms with Crippen LogP contribution in [0.25, 0.3) is 0 Å². The Morgan fingerprint density at radius 2 is 2.31 bits per heavy atom. The van der Waals surface area contributed by atoms with E-state index < -0.39 is 0 Å². The van der Waals surface area contributed by atoms with Gasteiger partial charge in [-0.3, -0.25) is 0 Å². The van der Waals surface area contributed by atoms with Crippen LogP contribution < -0.4 is 10.5 Å². The van der Waals surface area contributed by atoms with Crippen molar-refractivity contribution >= 4 is 0 Å². The summed E-state index contributed by atoms with van der Waals surface area (Å²) in [5.74, 6) is 0.908.